The number of hydrogen-bond donors (Lipinski definition) is 0. The first-order valence-electron chi connectivity index (χ1n) is 4.98. The summed E-state index contributed by atoms with van der Waals surface area (Å²) in [6.45, 7) is 2.38. The van der Waals surface area contributed by atoms with E-state index in [0.717, 1.165) is 0 Å². The first-order valence-corrected chi connectivity index (χ1v) is 4.98. The maximum atomic E-state index is 11.1. The fraction of sp³-hybridized carbons (Fsp3) is 0.900. The molecule has 1 fully saturated rings. The quantitative estimate of drug-likeness (QED) is 0.749. The Balaban J connectivity index is 0.00000144. The monoisotopic (exact) mass is 310 g/mol. The van der Waals surface area contributed by atoms with Crippen molar-refractivity contribution in [1.82, 2.24) is 0 Å². The molecule has 0 N–H and O–H groups in total. The van der Waals surface area contributed by atoms with E-state index in [9.17, 15) is 4.79 Å². The van der Waals surface area contributed by atoms with Crippen LogP contribution in [-0.2, 0) is 9.53 Å². The third kappa shape index (κ3) is 6.02. The Morgan fingerprint density at radius 1 is 1.31 bits per heavy atom. The molecule has 0 aromatic rings. The molecule has 0 heterocycles. The van der Waals surface area contributed by atoms with E-state index in [1.54, 1.807) is 0 Å². The van der Waals surface area contributed by atoms with Gasteiger partial charge < -0.3 is 4.74 Å². The first-order chi connectivity index (χ1) is 5.83. The van der Waals surface area contributed by atoms with Crippen molar-refractivity contribution in [2.24, 2.45) is 5.92 Å². The summed E-state index contributed by atoms with van der Waals surface area (Å²) < 4.78 is 4.91. The Hall–Kier alpha value is 0.847. The number of ether oxygens (including phenoxy) is 1. The van der Waals surface area contributed by atoms with Gasteiger partial charge in [-0.1, -0.05) is 19.3 Å². The van der Waals surface area contributed by atoms with Crippen LogP contribution in [0.3, 0.4) is 0 Å². The normalized spacial score (nSPS) is 17.6. The van der Waals surface area contributed by atoms with Crippen LogP contribution in [-0.4, -0.2) is 12.6 Å². The van der Waals surface area contributed by atoms with Crippen LogP contribution in [0.2, 0.25) is 0 Å². The van der Waals surface area contributed by atoms with Crippen molar-refractivity contribution in [3.05, 3.63) is 0 Å². The minimum atomic E-state index is -0.00981. The van der Waals surface area contributed by atoms with Gasteiger partial charge in [0.05, 0.1) is 6.61 Å². The van der Waals surface area contributed by atoms with Crippen molar-refractivity contribution < 1.29 is 51.3 Å². The van der Waals surface area contributed by atoms with Crippen LogP contribution in [0.25, 0.3) is 0 Å². The Bertz CT molecular complexity index is 142. The molecule has 0 unspecified atom stereocenters. The molecule has 0 spiro atoms. The molecule has 0 saturated heterocycles. The number of hydrogen-bond acceptors (Lipinski definition) is 2. The topological polar surface area (TPSA) is 26.3 Å². The van der Waals surface area contributed by atoms with Gasteiger partial charge in [-0.15, -0.1) is 0 Å². The Morgan fingerprint density at radius 3 is 2.46 bits per heavy atom. The fourth-order valence-corrected chi connectivity index (χ4v) is 1.85. The molecular formula is C10H18CeO2. The number of rotatable bonds is 3. The Labute approximate surface area is 114 Å². The van der Waals surface area contributed by atoms with Gasteiger partial charge in [0, 0.05) is 48.2 Å². The largest absolute Gasteiger partial charge is 0.466 e. The molecule has 0 amide bonds. The Kier molecular flexibility index (Phi) is 8.71. The van der Waals surface area contributed by atoms with Crippen molar-refractivity contribution in [3.63, 3.8) is 0 Å². The van der Waals surface area contributed by atoms with Gasteiger partial charge in [-0.25, -0.2) is 0 Å². The molecule has 0 aromatic carbocycles. The summed E-state index contributed by atoms with van der Waals surface area (Å²) >= 11 is 0. The minimum Gasteiger partial charge on any atom is -0.466 e. The SMILES string of the molecule is CCOC(=O)CC1CCCCC1.[Ce]. The fourth-order valence-electron chi connectivity index (χ4n) is 1.85. The van der Waals surface area contributed by atoms with Gasteiger partial charge in [0.15, 0.2) is 0 Å². The third-order valence-electron chi connectivity index (χ3n) is 2.49. The van der Waals surface area contributed by atoms with E-state index in [-0.39, 0.29) is 47.7 Å². The van der Waals surface area contributed by atoms with Crippen LogP contribution < -0.4 is 0 Å². The van der Waals surface area contributed by atoms with Crippen LogP contribution >= 0.6 is 0 Å². The van der Waals surface area contributed by atoms with E-state index in [1.165, 1.54) is 32.1 Å². The molecule has 1 rings (SSSR count). The van der Waals surface area contributed by atoms with Crippen molar-refractivity contribution in [2.45, 2.75) is 45.4 Å². The zero-order valence-corrected chi connectivity index (χ0v) is 11.5. The van der Waals surface area contributed by atoms with Gasteiger partial charge in [-0.2, -0.15) is 0 Å². The summed E-state index contributed by atoms with van der Waals surface area (Å²) in [5, 5.41) is 0. The second-order valence-corrected chi connectivity index (χ2v) is 3.51. The maximum absolute atomic E-state index is 11.1. The second-order valence-electron chi connectivity index (χ2n) is 3.51. The van der Waals surface area contributed by atoms with Crippen LogP contribution in [0.4, 0.5) is 0 Å². The summed E-state index contributed by atoms with van der Waals surface area (Å²) in [4.78, 5) is 11.1. The van der Waals surface area contributed by atoms with E-state index >= 15 is 0 Å². The first kappa shape index (κ1) is 13.8. The summed E-state index contributed by atoms with van der Waals surface area (Å²) in [5.41, 5.74) is 0. The van der Waals surface area contributed by atoms with Crippen LogP contribution in [0.15, 0.2) is 0 Å². The van der Waals surface area contributed by atoms with Gasteiger partial charge in [0.1, 0.15) is 0 Å². The van der Waals surface area contributed by atoms with Gasteiger partial charge >= 0.3 is 5.97 Å². The molecule has 0 bridgehead atoms. The molecule has 0 aliphatic heterocycles. The average molecular weight is 310 g/mol. The molecule has 0 radical (unpaired) electrons. The third-order valence-corrected chi connectivity index (χ3v) is 2.49. The Morgan fingerprint density at radius 2 is 1.92 bits per heavy atom. The van der Waals surface area contributed by atoms with Crippen LogP contribution in [0.1, 0.15) is 45.4 Å². The predicted octanol–water partition coefficient (Wildman–Crippen LogP) is 2.52. The van der Waals surface area contributed by atoms with Crippen molar-refractivity contribution >= 4 is 5.97 Å². The van der Waals surface area contributed by atoms with Gasteiger partial charge in [-0.3, -0.25) is 4.79 Å². The summed E-state index contributed by atoms with van der Waals surface area (Å²) in [6, 6.07) is 0. The molecule has 1 aliphatic carbocycles. The summed E-state index contributed by atoms with van der Waals surface area (Å²) in [6.07, 6.45) is 7.03. The molecule has 0 atom stereocenters. The maximum Gasteiger partial charge on any atom is 0.306 e. The summed E-state index contributed by atoms with van der Waals surface area (Å²) in [5.74, 6) is 0.599. The molecular weight excluding hydrogens is 292 g/mol. The number of carbonyl (C=O) groups excluding carboxylic acids is 1. The summed E-state index contributed by atoms with van der Waals surface area (Å²) in [7, 11) is 0. The smallest absolute Gasteiger partial charge is 0.306 e. The molecule has 13 heavy (non-hydrogen) atoms. The second kappa shape index (κ2) is 8.18. The molecule has 74 valence electrons. The van der Waals surface area contributed by atoms with Crippen LogP contribution in [0.5, 0.6) is 0 Å². The van der Waals surface area contributed by atoms with E-state index in [1.807, 2.05) is 6.92 Å². The van der Waals surface area contributed by atoms with Crippen molar-refractivity contribution in [1.29, 1.82) is 0 Å². The minimum absolute atomic E-state index is 0. The zero-order chi connectivity index (χ0) is 8.81. The standard InChI is InChI=1S/C10H18O2.Ce/c1-2-12-10(11)8-9-6-4-3-5-7-9;/h9H,2-8H2,1H3;. The van der Waals surface area contributed by atoms with E-state index < -0.39 is 0 Å². The molecule has 2 nitrogen and oxygen atoms in total. The van der Waals surface area contributed by atoms with Crippen molar-refractivity contribution in [3.8, 4) is 0 Å². The van der Waals surface area contributed by atoms with Crippen molar-refractivity contribution in [2.75, 3.05) is 6.61 Å². The van der Waals surface area contributed by atoms with Gasteiger partial charge in [-0.05, 0) is 25.7 Å². The molecule has 1 aliphatic rings. The van der Waals surface area contributed by atoms with Gasteiger partial charge in [0.2, 0.25) is 0 Å². The zero-order valence-electron chi connectivity index (χ0n) is 8.34. The predicted molar refractivity (Wildman–Crippen MR) is 47.8 cm³/mol. The van der Waals surface area contributed by atoms with E-state index in [4.69, 9.17) is 4.74 Å². The molecule has 3 heteroatoms. The average Bonchev–Trinajstić information content (AvgIpc) is 2.06. The number of esters is 1. The van der Waals surface area contributed by atoms with Gasteiger partial charge in [0.25, 0.3) is 0 Å². The molecule has 0 aromatic heterocycles. The van der Waals surface area contributed by atoms with Crippen LogP contribution in [0, 0.1) is 47.7 Å². The van der Waals surface area contributed by atoms with E-state index in [0.29, 0.717) is 18.9 Å². The number of carbonyl (C=O) groups is 1. The molecule has 1 saturated carbocycles. The van der Waals surface area contributed by atoms with E-state index in [2.05, 4.69) is 0 Å².